The van der Waals surface area contributed by atoms with Gasteiger partial charge in [0.1, 0.15) is 12.1 Å². The Morgan fingerprint density at radius 1 is 1.33 bits per heavy atom. The van der Waals surface area contributed by atoms with Crippen LogP contribution in [0.2, 0.25) is 5.02 Å². The molecule has 0 aliphatic heterocycles. The van der Waals surface area contributed by atoms with Crippen molar-refractivity contribution in [1.29, 1.82) is 0 Å². The van der Waals surface area contributed by atoms with Crippen LogP contribution in [0, 0.1) is 0 Å². The lowest BCUT2D eigenvalue weighted by Crippen LogP contribution is -2.11. The number of nitrogens with zero attached hydrogens (tertiary/aromatic N) is 5. The van der Waals surface area contributed by atoms with Gasteiger partial charge in [-0.2, -0.15) is 10.2 Å². The summed E-state index contributed by atoms with van der Waals surface area (Å²) in [6, 6.07) is 0. The monoisotopic (exact) mass is 263 g/mol. The molecule has 0 unspecified atom stereocenters. The maximum Gasteiger partial charge on any atom is 0.160 e. The normalized spacial score (nSPS) is 10.9. The lowest BCUT2D eigenvalue weighted by Gasteiger charge is -2.05. The zero-order valence-electron chi connectivity index (χ0n) is 9.34. The molecule has 0 aliphatic rings. The predicted octanol–water partition coefficient (Wildman–Crippen LogP) is 1.31. The lowest BCUT2D eigenvalue weighted by molar-refractivity contribution is 0.637. The summed E-state index contributed by atoms with van der Waals surface area (Å²) in [5, 5.41) is 15.5. The smallest absolute Gasteiger partial charge is 0.160 e. The Labute approximate surface area is 107 Å². The highest BCUT2D eigenvalue weighted by Gasteiger charge is 2.04. The Hall–Kier alpha value is -2.15. The minimum atomic E-state index is 0.634. The molecule has 0 spiro atoms. The molecule has 0 bridgehead atoms. The molecule has 2 N–H and O–H groups in total. The highest BCUT2D eigenvalue weighted by atomic mass is 35.5. The van der Waals surface area contributed by atoms with Gasteiger partial charge in [-0.3, -0.25) is 9.78 Å². The van der Waals surface area contributed by atoms with E-state index in [0.717, 1.165) is 16.9 Å². The molecule has 7 nitrogen and oxygen atoms in total. The van der Waals surface area contributed by atoms with Crippen LogP contribution in [0.3, 0.4) is 0 Å². The summed E-state index contributed by atoms with van der Waals surface area (Å²) in [4.78, 5) is 8.24. The molecule has 8 heteroatoms. The number of halogens is 1. The van der Waals surface area contributed by atoms with E-state index in [4.69, 9.17) is 11.6 Å². The van der Waals surface area contributed by atoms with Gasteiger partial charge in [-0.25, -0.2) is 9.97 Å². The lowest BCUT2D eigenvalue weighted by atomic mass is 10.4. The highest BCUT2D eigenvalue weighted by molar-refractivity contribution is 6.30. The molecule has 0 aliphatic carbocycles. The van der Waals surface area contributed by atoms with Gasteiger partial charge in [-0.05, 0) is 0 Å². The first-order valence-corrected chi connectivity index (χ1v) is 5.76. The maximum atomic E-state index is 5.78. The van der Waals surface area contributed by atoms with Gasteiger partial charge in [0.25, 0.3) is 0 Å². The Kier molecular flexibility index (Phi) is 2.81. The summed E-state index contributed by atoms with van der Waals surface area (Å²) in [6.07, 6.45) is 6.58. The largest absolute Gasteiger partial charge is 0.367 e. The first-order chi connectivity index (χ1) is 8.83. The van der Waals surface area contributed by atoms with Gasteiger partial charge in [0.2, 0.25) is 0 Å². The summed E-state index contributed by atoms with van der Waals surface area (Å²) in [6.45, 7) is 1.39. The Morgan fingerprint density at radius 3 is 3.11 bits per heavy atom. The third kappa shape index (κ3) is 2.12. The first kappa shape index (κ1) is 11.0. The number of rotatable bonds is 4. The molecule has 18 heavy (non-hydrogen) atoms. The van der Waals surface area contributed by atoms with Crippen molar-refractivity contribution in [2.24, 2.45) is 0 Å². The number of anilines is 1. The molecule has 3 heterocycles. The summed E-state index contributed by atoms with van der Waals surface area (Å²) in [5.74, 6) is 0.756. The fourth-order valence-corrected chi connectivity index (χ4v) is 1.81. The second-order valence-corrected chi connectivity index (χ2v) is 4.14. The predicted molar refractivity (Wildman–Crippen MR) is 67.4 cm³/mol. The SMILES string of the molecule is Clc1cnn(CCNc2ncnc3[nH]ncc23)c1. The number of fused-ring (bicyclic) bond motifs is 1. The molecule has 0 radical (unpaired) electrons. The van der Waals surface area contributed by atoms with Crippen molar-refractivity contribution in [2.75, 3.05) is 11.9 Å². The molecule has 0 fully saturated rings. The van der Waals surface area contributed by atoms with Crippen molar-refractivity contribution in [3.8, 4) is 0 Å². The number of H-pyrrole nitrogens is 1. The number of nitrogens with one attached hydrogen (secondary N) is 2. The standard InChI is InChI=1S/C10H10ClN7/c11-7-3-16-18(5-7)2-1-12-9-8-4-15-17-10(8)14-6-13-9/h3-6H,1-2H2,(H2,12,13,14,15,17). The van der Waals surface area contributed by atoms with Crippen LogP contribution in [-0.2, 0) is 6.54 Å². The van der Waals surface area contributed by atoms with Crippen LogP contribution in [0.1, 0.15) is 0 Å². The van der Waals surface area contributed by atoms with Gasteiger partial charge >= 0.3 is 0 Å². The van der Waals surface area contributed by atoms with Crippen LogP contribution >= 0.6 is 11.6 Å². The van der Waals surface area contributed by atoms with Gasteiger partial charge in [-0.1, -0.05) is 11.6 Å². The Balaban J connectivity index is 1.68. The molecule has 3 rings (SSSR count). The van der Waals surface area contributed by atoms with Crippen molar-refractivity contribution < 1.29 is 0 Å². The van der Waals surface area contributed by atoms with Crippen molar-refractivity contribution >= 4 is 28.5 Å². The number of hydrogen-bond donors (Lipinski definition) is 2. The zero-order chi connectivity index (χ0) is 12.4. The zero-order valence-corrected chi connectivity index (χ0v) is 10.1. The summed E-state index contributed by atoms with van der Waals surface area (Å²) in [7, 11) is 0. The molecular formula is C10H10ClN7. The molecule has 92 valence electrons. The second kappa shape index (κ2) is 4.61. The molecule has 0 aromatic carbocycles. The van der Waals surface area contributed by atoms with Gasteiger partial charge < -0.3 is 5.32 Å². The van der Waals surface area contributed by atoms with E-state index >= 15 is 0 Å². The van der Waals surface area contributed by atoms with Gasteiger partial charge in [0.15, 0.2) is 5.65 Å². The molecule has 3 aromatic heterocycles. The Morgan fingerprint density at radius 2 is 2.28 bits per heavy atom. The molecule has 0 saturated carbocycles. The van der Waals surface area contributed by atoms with Crippen LogP contribution in [0.5, 0.6) is 0 Å². The minimum Gasteiger partial charge on any atom is -0.367 e. The second-order valence-electron chi connectivity index (χ2n) is 3.70. The van der Waals surface area contributed by atoms with E-state index in [1.165, 1.54) is 6.33 Å². The van der Waals surface area contributed by atoms with Crippen molar-refractivity contribution in [2.45, 2.75) is 6.54 Å². The van der Waals surface area contributed by atoms with Gasteiger partial charge in [0, 0.05) is 12.7 Å². The van der Waals surface area contributed by atoms with E-state index in [2.05, 4.69) is 30.6 Å². The van der Waals surface area contributed by atoms with E-state index in [0.29, 0.717) is 18.1 Å². The molecule has 0 atom stereocenters. The third-order valence-corrected chi connectivity index (χ3v) is 2.68. The summed E-state index contributed by atoms with van der Waals surface area (Å²) in [5.41, 5.74) is 0.717. The van der Waals surface area contributed by atoms with Crippen LogP contribution in [0.15, 0.2) is 24.9 Å². The highest BCUT2D eigenvalue weighted by Crippen LogP contribution is 2.15. The first-order valence-electron chi connectivity index (χ1n) is 5.39. The number of aromatic amines is 1. The number of aromatic nitrogens is 6. The van der Waals surface area contributed by atoms with E-state index in [9.17, 15) is 0 Å². The van der Waals surface area contributed by atoms with E-state index < -0.39 is 0 Å². The fourth-order valence-electron chi connectivity index (χ4n) is 1.66. The van der Waals surface area contributed by atoms with E-state index in [-0.39, 0.29) is 0 Å². The average Bonchev–Trinajstić information content (AvgIpc) is 2.98. The van der Waals surface area contributed by atoms with Crippen LogP contribution < -0.4 is 5.32 Å². The molecular weight excluding hydrogens is 254 g/mol. The minimum absolute atomic E-state index is 0.634. The topological polar surface area (TPSA) is 84.3 Å². The number of hydrogen-bond acceptors (Lipinski definition) is 5. The summed E-state index contributed by atoms with van der Waals surface area (Å²) < 4.78 is 1.77. The quantitative estimate of drug-likeness (QED) is 0.741. The van der Waals surface area contributed by atoms with Crippen molar-refractivity contribution in [3.05, 3.63) is 29.9 Å². The molecule has 3 aromatic rings. The fraction of sp³-hybridized carbons (Fsp3) is 0.200. The summed E-state index contributed by atoms with van der Waals surface area (Å²) >= 11 is 5.78. The van der Waals surface area contributed by atoms with Crippen molar-refractivity contribution in [1.82, 2.24) is 29.9 Å². The van der Waals surface area contributed by atoms with Gasteiger partial charge in [0.05, 0.1) is 29.3 Å². The third-order valence-electron chi connectivity index (χ3n) is 2.48. The van der Waals surface area contributed by atoms with Crippen LogP contribution in [0.25, 0.3) is 11.0 Å². The van der Waals surface area contributed by atoms with E-state index in [1.54, 1.807) is 23.3 Å². The van der Waals surface area contributed by atoms with Crippen LogP contribution in [0.4, 0.5) is 5.82 Å². The molecule has 0 saturated heterocycles. The maximum absolute atomic E-state index is 5.78. The Bertz CT molecular complexity index is 659. The van der Waals surface area contributed by atoms with E-state index in [1.807, 2.05) is 0 Å². The van der Waals surface area contributed by atoms with Crippen molar-refractivity contribution in [3.63, 3.8) is 0 Å². The van der Waals surface area contributed by atoms with Gasteiger partial charge in [-0.15, -0.1) is 0 Å². The average molecular weight is 264 g/mol. The van der Waals surface area contributed by atoms with Crippen LogP contribution in [-0.4, -0.2) is 36.5 Å². The molecule has 0 amide bonds.